The van der Waals surface area contributed by atoms with Gasteiger partial charge in [-0.15, -0.1) is 0 Å². The first-order chi connectivity index (χ1) is 6.94. The highest BCUT2D eigenvalue weighted by Crippen LogP contribution is 2.26. The monoisotopic (exact) mass is 312 g/mol. The Morgan fingerprint density at radius 2 is 2.13 bits per heavy atom. The lowest BCUT2D eigenvalue weighted by Crippen LogP contribution is -2.22. The summed E-state index contributed by atoms with van der Waals surface area (Å²) in [4.78, 5) is 0. The SMILES string of the molecule is NCCS(=O)(=O)Nc1cc(Br)ccc1Cl. The molecule has 0 aliphatic heterocycles. The molecule has 4 nitrogen and oxygen atoms in total. The zero-order valence-corrected chi connectivity index (χ0v) is 10.9. The number of halogens is 2. The molecular formula is C8H10BrClN2O2S. The smallest absolute Gasteiger partial charge is 0.234 e. The van der Waals surface area contributed by atoms with Gasteiger partial charge < -0.3 is 5.73 Å². The van der Waals surface area contributed by atoms with Crippen LogP contribution in [0.5, 0.6) is 0 Å². The van der Waals surface area contributed by atoms with E-state index in [1.165, 1.54) is 0 Å². The van der Waals surface area contributed by atoms with Gasteiger partial charge in [-0.2, -0.15) is 0 Å². The van der Waals surface area contributed by atoms with E-state index in [0.717, 1.165) is 4.47 Å². The van der Waals surface area contributed by atoms with Crippen LogP contribution in [0, 0.1) is 0 Å². The van der Waals surface area contributed by atoms with Crippen LogP contribution in [0.4, 0.5) is 5.69 Å². The highest BCUT2D eigenvalue weighted by molar-refractivity contribution is 9.10. The third kappa shape index (κ3) is 3.98. The quantitative estimate of drug-likeness (QED) is 0.890. The molecule has 0 aliphatic carbocycles. The van der Waals surface area contributed by atoms with Crippen LogP contribution in [0.15, 0.2) is 22.7 Å². The zero-order valence-electron chi connectivity index (χ0n) is 7.70. The molecule has 1 aromatic rings. The highest BCUT2D eigenvalue weighted by atomic mass is 79.9. The maximum atomic E-state index is 11.4. The average molecular weight is 314 g/mol. The normalized spacial score (nSPS) is 11.4. The van der Waals surface area contributed by atoms with Crippen molar-refractivity contribution >= 4 is 43.2 Å². The minimum Gasteiger partial charge on any atom is -0.329 e. The number of hydrogen-bond donors (Lipinski definition) is 2. The standard InChI is InChI=1S/C8H10BrClN2O2S/c9-6-1-2-7(10)8(5-6)12-15(13,14)4-3-11/h1-2,5,12H,3-4,11H2. The molecule has 0 fully saturated rings. The predicted octanol–water partition coefficient (Wildman–Crippen LogP) is 1.80. The predicted molar refractivity (Wildman–Crippen MR) is 65.6 cm³/mol. The maximum absolute atomic E-state index is 11.4. The molecule has 15 heavy (non-hydrogen) atoms. The summed E-state index contributed by atoms with van der Waals surface area (Å²) in [5.41, 5.74) is 5.52. The minimum atomic E-state index is -3.40. The fourth-order valence-electron chi connectivity index (χ4n) is 0.949. The summed E-state index contributed by atoms with van der Waals surface area (Å²) in [7, 11) is -3.40. The molecule has 0 spiro atoms. The summed E-state index contributed by atoms with van der Waals surface area (Å²) in [5, 5.41) is 0.346. The third-order valence-electron chi connectivity index (χ3n) is 1.58. The van der Waals surface area contributed by atoms with Crippen LogP contribution in [0.2, 0.25) is 5.02 Å². The second-order valence-corrected chi connectivity index (χ2v) is 6.00. The van der Waals surface area contributed by atoms with E-state index in [-0.39, 0.29) is 12.3 Å². The molecule has 3 N–H and O–H groups in total. The Morgan fingerprint density at radius 3 is 2.73 bits per heavy atom. The molecule has 0 aliphatic rings. The van der Waals surface area contributed by atoms with Gasteiger partial charge in [0, 0.05) is 11.0 Å². The number of nitrogens with two attached hydrogens (primary N) is 1. The van der Waals surface area contributed by atoms with Crippen molar-refractivity contribution in [2.75, 3.05) is 17.0 Å². The van der Waals surface area contributed by atoms with Crippen LogP contribution < -0.4 is 10.5 Å². The topological polar surface area (TPSA) is 72.2 Å². The van der Waals surface area contributed by atoms with Gasteiger partial charge in [-0.05, 0) is 18.2 Å². The Hall–Kier alpha value is -0.300. The van der Waals surface area contributed by atoms with E-state index < -0.39 is 10.0 Å². The minimum absolute atomic E-state index is 0.0704. The number of sulfonamides is 1. The fraction of sp³-hybridized carbons (Fsp3) is 0.250. The van der Waals surface area contributed by atoms with E-state index in [1.807, 2.05) is 0 Å². The van der Waals surface area contributed by atoms with Gasteiger partial charge in [-0.3, -0.25) is 4.72 Å². The van der Waals surface area contributed by atoms with Crippen LogP contribution in [0.3, 0.4) is 0 Å². The summed E-state index contributed by atoms with van der Waals surface area (Å²) in [6.45, 7) is 0.0704. The molecule has 7 heteroatoms. The molecule has 0 atom stereocenters. The van der Waals surface area contributed by atoms with Crippen LogP contribution in [-0.2, 0) is 10.0 Å². The first-order valence-electron chi connectivity index (χ1n) is 4.10. The lowest BCUT2D eigenvalue weighted by molar-refractivity contribution is 0.601. The van der Waals surface area contributed by atoms with Gasteiger partial charge in [0.2, 0.25) is 10.0 Å². The molecule has 84 valence electrons. The van der Waals surface area contributed by atoms with Crippen LogP contribution in [0.1, 0.15) is 0 Å². The maximum Gasteiger partial charge on any atom is 0.234 e. The van der Waals surface area contributed by atoms with Crippen molar-refractivity contribution in [3.05, 3.63) is 27.7 Å². The van der Waals surface area contributed by atoms with Crippen LogP contribution in [-0.4, -0.2) is 20.7 Å². The molecule has 0 aromatic heterocycles. The van der Waals surface area contributed by atoms with Gasteiger partial charge in [0.15, 0.2) is 0 Å². The second-order valence-electron chi connectivity index (χ2n) is 2.83. The Morgan fingerprint density at radius 1 is 1.47 bits per heavy atom. The summed E-state index contributed by atoms with van der Waals surface area (Å²) in [6.07, 6.45) is 0. The molecule has 0 bridgehead atoms. The van der Waals surface area contributed by atoms with Gasteiger partial charge in [-0.25, -0.2) is 8.42 Å². The van der Waals surface area contributed by atoms with E-state index in [0.29, 0.717) is 10.7 Å². The lowest BCUT2D eigenvalue weighted by atomic mass is 10.3. The molecule has 0 saturated carbocycles. The van der Waals surface area contributed by atoms with Crippen molar-refractivity contribution in [3.63, 3.8) is 0 Å². The van der Waals surface area contributed by atoms with Gasteiger partial charge >= 0.3 is 0 Å². The Bertz CT molecular complexity index is 450. The van der Waals surface area contributed by atoms with Crippen LogP contribution in [0.25, 0.3) is 0 Å². The Kier molecular flexibility index (Phi) is 4.39. The summed E-state index contributed by atoms with van der Waals surface area (Å²) in [5.74, 6) is -0.129. The van der Waals surface area contributed by atoms with Crippen molar-refractivity contribution in [1.82, 2.24) is 0 Å². The molecular weight excluding hydrogens is 304 g/mol. The van der Waals surface area contributed by atoms with Crippen molar-refractivity contribution < 1.29 is 8.42 Å². The molecule has 0 saturated heterocycles. The molecule has 0 unspecified atom stereocenters. The Labute approximate surface area is 102 Å². The number of rotatable bonds is 4. The zero-order chi connectivity index (χ0) is 11.5. The first-order valence-corrected chi connectivity index (χ1v) is 6.92. The number of anilines is 1. The summed E-state index contributed by atoms with van der Waals surface area (Å²) >= 11 is 9.05. The largest absolute Gasteiger partial charge is 0.329 e. The molecule has 1 aromatic carbocycles. The summed E-state index contributed by atoms with van der Waals surface area (Å²) < 4.78 is 25.9. The van der Waals surface area contributed by atoms with E-state index in [4.69, 9.17) is 17.3 Å². The van der Waals surface area contributed by atoms with E-state index >= 15 is 0 Å². The van der Waals surface area contributed by atoms with E-state index in [2.05, 4.69) is 20.7 Å². The van der Waals surface area contributed by atoms with Gasteiger partial charge in [0.05, 0.1) is 16.5 Å². The molecule has 1 rings (SSSR count). The first kappa shape index (κ1) is 12.8. The number of benzene rings is 1. The van der Waals surface area contributed by atoms with E-state index in [1.54, 1.807) is 18.2 Å². The second kappa shape index (κ2) is 5.16. The Balaban J connectivity index is 2.94. The van der Waals surface area contributed by atoms with Crippen molar-refractivity contribution in [2.45, 2.75) is 0 Å². The molecule has 0 amide bonds. The number of nitrogens with one attached hydrogen (secondary N) is 1. The lowest BCUT2D eigenvalue weighted by Gasteiger charge is -2.08. The van der Waals surface area contributed by atoms with Crippen molar-refractivity contribution in [3.8, 4) is 0 Å². The van der Waals surface area contributed by atoms with Crippen molar-refractivity contribution in [1.29, 1.82) is 0 Å². The highest BCUT2D eigenvalue weighted by Gasteiger charge is 2.11. The van der Waals surface area contributed by atoms with Gasteiger partial charge in [-0.1, -0.05) is 27.5 Å². The van der Waals surface area contributed by atoms with E-state index in [9.17, 15) is 8.42 Å². The van der Waals surface area contributed by atoms with Crippen LogP contribution >= 0.6 is 27.5 Å². The number of hydrogen-bond acceptors (Lipinski definition) is 3. The molecule has 0 radical (unpaired) electrons. The average Bonchev–Trinajstić information content (AvgIpc) is 2.10. The van der Waals surface area contributed by atoms with Crippen molar-refractivity contribution in [2.24, 2.45) is 5.73 Å². The third-order valence-corrected chi connectivity index (χ3v) is 3.71. The van der Waals surface area contributed by atoms with Gasteiger partial charge in [0.1, 0.15) is 0 Å². The summed E-state index contributed by atoms with van der Waals surface area (Å²) in [6, 6.07) is 4.92. The fourth-order valence-corrected chi connectivity index (χ4v) is 2.45. The van der Waals surface area contributed by atoms with Gasteiger partial charge in [0.25, 0.3) is 0 Å². The molecule has 0 heterocycles.